The van der Waals surface area contributed by atoms with E-state index in [2.05, 4.69) is 10.3 Å². The predicted molar refractivity (Wildman–Crippen MR) is 102 cm³/mol. The summed E-state index contributed by atoms with van der Waals surface area (Å²) in [6, 6.07) is 10.6. The van der Waals surface area contributed by atoms with Crippen molar-refractivity contribution >= 4 is 34.5 Å². The van der Waals surface area contributed by atoms with Gasteiger partial charge in [0.1, 0.15) is 11.4 Å². The second kappa shape index (κ2) is 8.20. The fourth-order valence-corrected chi connectivity index (χ4v) is 3.44. The Bertz CT molecular complexity index is 988. The van der Waals surface area contributed by atoms with Crippen molar-refractivity contribution < 1.29 is 22.7 Å². The van der Waals surface area contributed by atoms with Crippen molar-refractivity contribution in [2.45, 2.75) is 12.6 Å². The van der Waals surface area contributed by atoms with Crippen molar-refractivity contribution in [3.05, 3.63) is 74.7 Å². The molecule has 3 rings (SSSR count). The van der Waals surface area contributed by atoms with Crippen molar-refractivity contribution in [1.82, 2.24) is 4.98 Å². The summed E-state index contributed by atoms with van der Waals surface area (Å²) < 4.78 is 44.5. The molecule has 2 aromatic carbocycles. The van der Waals surface area contributed by atoms with E-state index in [1.165, 1.54) is 22.8 Å². The van der Waals surface area contributed by atoms with Crippen LogP contribution in [0.25, 0.3) is 0 Å². The van der Waals surface area contributed by atoms with Crippen LogP contribution < -0.4 is 10.1 Å². The molecule has 146 valence electrons. The third-order valence-corrected chi connectivity index (χ3v) is 4.92. The van der Waals surface area contributed by atoms with Gasteiger partial charge in [-0.2, -0.15) is 13.2 Å². The Labute approximate surface area is 167 Å². The maximum atomic E-state index is 13.1. The molecule has 0 radical (unpaired) electrons. The molecule has 1 N–H and O–H groups in total. The fraction of sp³-hybridized carbons (Fsp3) is 0.158. The first-order valence-electron chi connectivity index (χ1n) is 8.01. The van der Waals surface area contributed by atoms with Crippen LogP contribution >= 0.6 is 22.9 Å². The Morgan fingerprint density at radius 3 is 2.57 bits per heavy atom. The quantitative estimate of drug-likeness (QED) is 0.572. The van der Waals surface area contributed by atoms with E-state index < -0.39 is 17.6 Å². The summed E-state index contributed by atoms with van der Waals surface area (Å²) in [5.41, 5.74) is -0.357. The van der Waals surface area contributed by atoms with E-state index >= 15 is 0 Å². The largest absolute Gasteiger partial charge is 0.497 e. The maximum absolute atomic E-state index is 13.1. The Hall–Kier alpha value is -2.58. The number of alkyl halides is 3. The zero-order chi connectivity index (χ0) is 20.3. The lowest BCUT2D eigenvalue weighted by molar-refractivity contribution is -0.136. The third-order valence-electron chi connectivity index (χ3n) is 3.83. The molecule has 3 aromatic rings. The lowest BCUT2D eigenvalue weighted by atomic mass is 10.1. The minimum absolute atomic E-state index is 0.0524. The number of hydrogen-bond acceptors (Lipinski definition) is 4. The summed E-state index contributed by atoms with van der Waals surface area (Å²) in [6.45, 7) is 0. The van der Waals surface area contributed by atoms with Gasteiger partial charge in [-0.25, -0.2) is 4.98 Å². The highest BCUT2D eigenvalue weighted by molar-refractivity contribution is 7.09. The number of ether oxygens (including phenoxy) is 1. The summed E-state index contributed by atoms with van der Waals surface area (Å²) in [4.78, 5) is 16.6. The molecular formula is C19H14ClF3N2O2S. The molecule has 1 heterocycles. The first-order valence-corrected chi connectivity index (χ1v) is 9.27. The van der Waals surface area contributed by atoms with Crippen molar-refractivity contribution in [3.8, 4) is 5.75 Å². The van der Waals surface area contributed by atoms with Gasteiger partial charge >= 0.3 is 6.18 Å². The number of benzene rings is 2. The smallest absolute Gasteiger partial charge is 0.418 e. The molecule has 1 amide bonds. The number of hydrogen-bond donors (Lipinski definition) is 1. The molecule has 0 atom stereocenters. The number of halogens is 4. The molecule has 0 aliphatic carbocycles. The van der Waals surface area contributed by atoms with E-state index in [-0.39, 0.29) is 16.4 Å². The number of rotatable bonds is 5. The topological polar surface area (TPSA) is 51.2 Å². The summed E-state index contributed by atoms with van der Waals surface area (Å²) >= 11 is 6.90. The van der Waals surface area contributed by atoms with Crippen LogP contribution in [0.5, 0.6) is 5.75 Å². The number of anilines is 1. The van der Waals surface area contributed by atoms with Crippen LogP contribution in [0.3, 0.4) is 0 Å². The summed E-state index contributed by atoms with van der Waals surface area (Å²) in [6.07, 6.45) is -4.15. The van der Waals surface area contributed by atoms with Crippen molar-refractivity contribution in [3.63, 3.8) is 0 Å². The number of aromatic nitrogens is 1. The van der Waals surface area contributed by atoms with Crippen LogP contribution in [0, 0.1) is 0 Å². The zero-order valence-corrected chi connectivity index (χ0v) is 16.1. The van der Waals surface area contributed by atoms with E-state index in [1.807, 2.05) is 24.3 Å². The van der Waals surface area contributed by atoms with Gasteiger partial charge in [0.2, 0.25) is 0 Å². The number of thiazole rings is 1. The molecule has 0 aliphatic heterocycles. The molecule has 0 fully saturated rings. The monoisotopic (exact) mass is 426 g/mol. The van der Waals surface area contributed by atoms with E-state index in [4.69, 9.17) is 16.3 Å². The van der Waals surface area contributed by atoms with Crippen LogP contribution in [-0.2, 0) is 12.6 Å². The molecule has 9 heteroatoms. The molecule has 0 saturated heterocycles. The average Bonchev–Trinajstić information content (AvgIpc) is 3.11. The number of carbonyl (C=O) groups excluding carboxylic acids is 1. The maximum Gasteiger partial charge on any atom is 0.418 e. The first-order chi connectivity index (χ1) is 13.3. The van der Waals surface area contributed by atoms with Crippen LogP contribution in [0.15, 0.2) is 47.8 Å². The van der Waals surface area contributed by atoms with Gasteiger partial charge in [-0.15, -0.1) is 11.3 Å². The SMILES string of the molecule is COc1ccc(Cc2nc(C(=O)Nc3ccc(Cl)cc3C(F)(F)F)cs2)cc1. The van der Waals surface area contributed by atoms with Crippen molar-refractivity contribution in [2.75, 3.05) is 12.4 Å². The van der Waals surface area contributed by atoms with Crippen LogP contribution in [-0.4, -0.2) is 18.0 Å². The number of nitrogens with one attached hydrogen (secondary N) is 1. The van der Waals surface area contributed by atoms with E-state index in [0.717, 1.165) is 23.4 Å². The molecule has 0 unspecified atom stereocenters. The number of nitrogens with zero attached hydrogens (tertiary/aromatic N) is 1. The average molecular weight is 427 g/mol. The normalized spacial score (nSPS) is 11.3. The van der Waals surface area contributed by atoms with E-state index in [9.17, 15) is 18.0 Å². The Morgan fingerprint density at radius 1 is 1.21 bits per heavy atom. The lowest BCUT2D eigenvalue weighted by Gasteiger charge is -2.13. The Balaban J connectivity index is 1.74. The minimum Gasteiger partial charge on any atom is -0.497 e. The van der Waals surface area contributed by atoms with Gasteiger partial charge in [0, 0.05) is 16.8 Å². The highest BCUT2D eigenvalue weighted by atomic mass is 35.5. The van der Waals surface area contributed by atoms with Crippen LogP contribution in [0.1, 0.15) is 26.6 Å². The first kappa shape index (κ1) is 20.2. The van der Waals surface area contributed by atoms with Crippen molar-refractivity contribution in [1.29, 1.82) is 0 Å². The molecular weight excluding hydrogens is 413 g/mol. The number of amides is 1. The van der Waals surface area contributed by atoms with E-state index in [0.29, 0.717) is 11.4 Å². The fourth-order valence-electron chi connectivity index (χ4n) is 2.46. The summed E-state index contributed by atoms with van der Waals surface area (Å²) in [7, 11) is 1.58. The van der Waals surface area contributed by atoms with Crippen LogP contribution in [0.4, 0.5) is 18.9 Å². The molecule has 28 heavy (non-hydrogen) atoms. The van der Waals surface area contributed by atoms with Gasteiger partial charge in [-0.05, 0) is 35.9 Å². The van der Waals surface area contributed by atoms with Gasteiger partial charge in [0.25, 0.3) is 5.91 Å². The highest BCUT2D eigenvalue weighted by Crippen LogP contribution is 2.36. The van der Waals surface area contributed by atoms with Gasteiger partial charge < -0.3 is 10.1 Å². The second-order valence-corrected chi connectivity index (χ2v) is 7.17. The highest BCUT2D eigenvalue weighted by Gasteiger charge is 2.34. The lowest BCUT2D eigenvalue weighted by Crippen LogP contribution is -2.17. The van der Waals surface area contributed by atoms with Gasteiger partial charge in [0.05, 0.1) is 23.4 Å². The molecule has 4 nitrogen and oxygen atoms in total. The third kappa shape index (κ3) is 4.82. The molecule has 0 bridgehead atoms. The second-order valence-electron chi connectivity index (χ2n) is 5.79. The van der Waals surface area contributed by atoms with Gasteiger partial charge in [0.15, 0.2) is 0 Å². The van der Waals surface area contributed by atoms with Gasteiger partial charge in [-0.1, -0.05) is 23.7 Å². The van der Waals surface area contributed by atoms with Crippen molar-refractivity contribution in [2.24, 2.45) is 0 Å². The van der Waals surface area contributed by atoms with Crippen LogP contribution in [0.2, 0.25) is 5.02 Å². The molecule has 0 spiro atoms. The Kier molecular flexibility index (Phi) is 5.90. The van der Waals surface area contributed by atoms with Gasteiger partial charge in [-0.3, -0.25) is 4.79 Å². The molecule has 0 aliphatic rings. The zero-order valence-electron chi connectivity index (χ0n) is 14.5. The standard InChI is InChI=1S/C19H14ClF3N2O2S/c1-27-13-5-2-11(3-6-13)8-17-24-16(10-28-17)18(26)25-15-7-4-12(20)9-14(15)19(21,22)23/h2-7,9-10H,8H2,1H3,(H,25,26). The Morgan fingerprint density at radius 2 is 1.93 bits per heavy atom. The number of methoxy groups -OCH3 is 1. The predicted octanol–water partition coefficient (Wildman–Crippen LogP) is 5.67. The summed E-state index contributed by atoms with van der Waals surface area (Å²) in [5.74, 6) is 0.0106. The van der Waals surface area contributed by atoms with E-state index in [1.54, 1.807) is 7.11 Å². The summed E-state index contributed by atoms with van der Waals surface area (Å²) in [5, 5.41) is 4.37. The number of carbonyl (C=O) groups is 1. The molecule has 1 aromatic heterocycles. The minimum atomic E-state index is -4.64. The molecule has 0 saturated carbocycles.